The Balaban J connectivity index is 2.42. The molecule has 0 aliphatic carbocycles. The first kappa shape index (κ1) is 10.2. The van der Waals surface area contributed by atoms with Gasteiger partial charge in [-0.2, -0.15) is 0 Å². The molecule has 1 aromatic rings. The monoisotopic (exact) mass is 199 g/mol. The van der Waals surface area contributed by atoms with Crippen molar-refractivity contribution in [3.05, 3.63) is 22.4 Å². The Bertz CT molecular complexity index is 259. The number of carbonyl (C=O) groups is 1. The van der Waals surface area contributed by atoms with Crippen LogP contribution >= 0.6 is 11.3 Å². The number of nitrogens with one attached hydrogen (secondary N) is 1. The maximum atomic E-state index is 11.4. The van der Waals surface area contributed by atoms with E-state index in [9.17, 15) is 4.79 Å². The molecule has 1 amide bonds. The molecule has 3 nitrogen and oxygen atoms in total. The number of aliphatic hydroxyl groups is 1. The second kappa shape index (κ2) is 4.99. The van der Waals surface area contributed by atoms with Crippen molar-refractivity contribution < 1.29 is 9.90 Å². The summed E-state index contributed by atoms with van der Waals surface area (Å²) in [4.78, 5) is 12.1. The lowest BCUT2D eigenvalue weighted by atomic mass is 10.2. The Morgan fingerprint density at radius 2 is 2.54 bits per heavy atom. The second-order valence-corrected chi connectivity index (χ2v) is 3.81. The largest absolute Gasteiger partial charge is 0.396 e. The molecule has 0 spiro atoms. The van der Waals surface area contributed by atoms with Gasteiger partial charge in [0.15, 0.2) is 0 Å². The van der Waals surface area contributed by atoms with E-state index in [0.717, 1.165) is 0 Å². The van der Waals surface area contributed by atoms with Crippen LogP contribution in [0.25, 0.3) is 0 Å². The minimum Gasteiger partial charge on any atom is -0.396 e. The Kier molecular flexibility index (Phi) is 3.92. The summed E-state index contributed by atoms with van der Waals surface area (Å²) in [5.74, 6) is -0.0593. The van der Waals surface area contributed by atoms with E-state index in [0.29, 0.717) is 11.3 Å². The van der Waals surface area contributed by atoms with Gasteiger partial charge in [0.25, 0.3) is 5.91 Å². The molecule has 72 valence electrons. The van der Waals surface area contributed by atoms with E-state index in [1.54, 1.807) is 6.07 Å². The fourth-order valence-electron chi connectivity index (χ4n) is 0.968. The van der Waals surface area contributed by atoms with Gasteiger partial charge >= 0.3 is 0 Å². The molecule has 0 aliphatic heterocycles. The molecule has 0 aliphatic rings. The molecule has 0 radical (unpaired) electrons. The molecule has 1 heterocycles. The van der Waals surface area contributed by atoms with Gasteiger partial charge in [-0.3, -0.25) is 4.79 Å². The lowest BCUT2D eigenvalue weighted by Crippen LogP contribution is -2.32. The zero-order valence-electron chi connectivity index (χ0n) is 7.49. The summed E-state index contributed by atoms with van der Waals surface area (Å²) < 4.78 is 0. The number of hydrogen-bond acceptors (Lipinski definition) is 3. The van der Waals surface area contributed by atoms with Crippen LogP contribution in [0.5, 0.6) is 0 Å². The van der Waals surface area contributed by atoms with Crippen LogP contribution in [0.3, 0.4) is 0 Å². The van der Waals surface area contributed by atoms with Gasteiger partial charge in [0.1, 0.15) is 0 Å². The Morgan fingerprint density at radius 3 is 3.08 bits per heavy atom. The van der Waals surface area contributed by atoms with Gasteiger partial charge < -0.3 is 10.4 Å². The maximum Gasteiger partial charge on any atom is 0.261 e. The molecular weight excluding hydrogens is 186 g/mol. The van der Waals surface area contributed by atoms with Gasteiger partial charge in [0.05, 0.1) is 4.88 Å². The van der Waals surface area contributed by atoms with Crippen molar-refractivity contribution in [2.24, 2.45) is 0 Å². The molecule has 2 N–H and O–H groups in total. The lowest BCUT2D eigenvalue weighted by Gasteiger charge is -2.10. The molecule has 1 unspecified atom stereocenters. The SMILES string of the molecule is CC(CCO)NC(=O)c1cccs1. The van der Waals surface area contributed by atoms with E-state index in [2.05, 4.69) is 5.32 Å². The summed E-state index contributed by atoms with van der Waals surface area (Å²) in [6.45, 7) is 1.98. The topological polar surface area (TPSA) is 49.3 Å². The highest BCUT2D eigenvalue weighted by Gasteiger charge is 2.09. The summed E-state index contributed by atoms with van der Waals surface area (Å²) in [6.07, 6.45) is 0.594. The quantitative estimate of drug-likeness (QED) is 0.766. The first-order chi connectivity index (χ1) is 6.24. The zero-order chi connectivity index (χ0) is 9.68. The molecule has 4 heteroatoms. The zero-order valence-corrected chi connectivity index (χ0v) is 8.30. The fourth-order valence-corrected chi connectivity index (χ4v) is 1.60. The Hall–Kier alpha value is -0.870. The van der Waals surface area contributed by atoms with E-state index < -0.39 is 0 Å². The van der Waals surface area contributed by atoms with E-state index >= 15 is 0 Å². The molecule has 0 saturated carbocycles. The standard InChI is InChI=1S/C9H13NO2S/c1-7(4-5-11)10-9(12)8-3-2-6-13-8/h2-3,6-7,11H,4-5H2,1H3,(H,10,12). The van der Waals surface area contributed by atoms with Crippen molar-refractivity contribution in [2.75, 3.05) is 6.61 Å². The third-order valence-corrected chi connectivity index (χ3v) is 2.55. The molecule has 0 bridgehead atoms. The van der Waals surface area contributed by atoms with Crippen LogP contribution in [-0.2, 0) is 0 Å². The average Bonchev–Trinajstić information content (AvgIpc) is 2.55. The number of aliphatic hydroxyl groups excluding tert-OH is 1. The molecule has 1 aromatic heterocycles. The highest BCUT2D eigenvalue weighted by molar-refractivity contribution is 7.12. The van der Waals surface area contributed by atoms with Crippen molar-refractivity contribution in [1.82, 2.24) is 5.32 Å². The first-order valence-corrected chi connectivity index (χ1v) is 5.07. The smallest absolute Gasteiger partial charge is 0.261 e. The third-order valence-electron chi connectivity index (χ3n) is 1.68. The van der Waals surface area contributed by atoms with Gasteiger partial charge in [0.2, 0.25) is 0 Å². The molecule has 0 aromatic carbocycles. The minimum atomic E-state index is -0.0593. The van der Waals surface area contributed by atoms with Gasteiger partial charge in [-0.25, -0.2) is 0 Å². The summed E-state index contributed by atoms with van der Waals surface area (Å²) in [5.41, 5.74) is 0. The highest BCUT2D eigenvalue weighted by Crippen LogP contribution is 2.08. The van der Waals surface area contributed by atoms with Crippen LogP contribution in [-0.4, -0.2) is 23.7 Å². The summed E-state index contributed by atoms with van der Waals surface area (Å²) in [7, 11) is 0. The van der Waals surface area contributed by atoms with Gasteiger partial charge in [-0.1, -0.05) is 6.07 Å². The average molecular weight is 199 g/mol. The van der Waals surface area contributed by atoms with Gasteiger partial charge in [-0.15, -0.1) is 11.3 Å². The Morgan fingerprint density at radius 1 is 1.77 bits per heavy atom. The van der Waals surface area contributed by atoms with Crippen molar-refractivity contribution in [2.45, 2.75) is 19.4 Å². The molecule has 0 saturated heterocycles. The lowest BCUT2D eigenvalue weighted by molar-refractivity contribution is 0.0938. The predicted molar refractivity (Wildman–Crippen MR) is 53.0 cm³/mol. The van der Waals surface area contributed by atoms with Crippen molar-refractivity contribution in [1.29, 1.82) is 0 Å². The summed E-state index contributed by atoms with van der Waals surface area (Å²) in [5, 5.41) is 13.3. The predicted octanol–water partition coefficient (Wildman–Crippen LogP) is 1.25. The molecule has 0 fully saturated rings. The molecular formula is C9H13NO2S. The molecule has 1 atom stereocenters. The van der Waals surface area contributed by atoms with Crippen molar-refractivity contribution >= 4 is 17.2 Å². The minimum absolute atomic E-state index is 0.0274. The fraction of sp³-hybridized carbons (Fsp3) is 0.444. The third kappa shape index (κ3) is 3.16. The highest BCUT2D eigenvalue weighted by atomic mass is 32.1. The maximum absolute atomic E-state index is 11.4. The number of rotatable bonds is 4. The second-order valence-electron chi connectivity index (χ2n) is 2.86. The van der Waals surface area contributed by atoms with E-state index in [4.69, 9.17) is 5.11 Å². The van der Waals surface area contributed by atoms with Crippen LogP contribution < -0.4 is 5.32 Å². The van der Waals surface area contributed by atoms with Crippen molar-refractivity contribution in [3.8, 4) is 0 Å². The van der Waals surface area contributed by atoms with Crippen LogP contribution in [0.15, 0.2) is 17.5 Å². The first-order valence-electron chi connectivity index (χ1n) is 4.19. The molecule has 13 heavy (non-hydrogen) atoms. The van der Waals surface area contributed by atoms with E-state index in [-0.39, 0.29) is 18.6 Å². The van der Waals surface area contributed by atoms with Crippen LogP contribution in [0.2, 0.25) is 0 Å². The normalized spacial score (nSPS) is 12.5. The number of thiophene rings is 1. The Labute approximate surface area is 81.4 Å². The van der Waals surface area contributed by atoms with Crippen LogP contribution in [0, 0.1) is 0 Å². The number of amides is 1. The van der Waals surface area contributed by atoms with Gasteiger partial charge in [0, 0.05) is 12.6 Å². The van der Waals surface area contributed by atoms with Crippen LogP contribution in [0.4, 0.5) is 0 Å². The number of carbonyl (C=O) groups excluding carboxylic acids is 1. The number of hydrogen-bond donors (Lipinski definition) is 2. The van der Waals surface area contributed by atoms with Crippen LogP contribution in [0.1, 0.15) is 23.0 Å². The van der Waals surface area contributed by atoms with Crippen molar-refractivity contribution in [3.63, 3.8) is 0 Å². The van der Waals surface area contributed by atoms with E-state index in [1.807, 2.05) is 18.4 Å². The van der Waals surface area contributed by atoms with E-state index in [1.165, 1.54) is 11.3 Å². The summed E-state index contributed by atoms with van der Waals surface area (Å²) in [6, 6.07) is 3.65. The molecule has 1 rings (SSSR count). The van der Waals surface area contributed by atoms with Gasteiger partial charge in [-0.05, 0) is 24.8 Å². The summed E-state index contributed by atoms with van der Waals surface area (Å²) >= 11 is 1.42.